The van der Waals surface area contributed by atoms with E-state index in [4.69, 9.17) is 21.1 Å². The molecular weight excluding hydrogens is 330 g/mol. The lowest BCUT2D eigenvalue weighted by Gasteiger charge is -2.46. The molecule has 1 aromatic carbocycles. The summed E-state index contributed by atoms with van der Waals surface area (Å²) in [6.07, 6.45) is 4.35. The fourth-order valence-electron chi connectivity index (χ4n) is 3.62. The number of carboxylic acid groups (broad SMARTS) is 1. The molecule has 1 atom stereocenters. The zero-order chi connectivity index (χ0) is 17.6. The number of rotatable bonds is 7. The van der Waals surface area contributed by atoms with Gasteiger partial charge in [-0.05, 0) is 25.3 Å². The van der Waals surface area contributed by atoms with Gasteiger partial charge in [0.25, 0.3) is 0 Å². The third-order valence-corrected chi connectivity index (χ3v) is 5.05. The van der Waals surface area contributed by atoms with Crippen LogP contribution < -0.4 is 0 Å². The predicted molar refractivity (Wildman–Crippen MR) is 93.1 cm³/mol. The Kier molecular flexibility index (Phi) is 6.90. The lowest BCUT2D eigenvalue weighted by molar-refractivity contribution is -0.213. The molecule has 1 saturated carbocycles. The first-order valence-electron chi connectivity index (χ1n) is 8.47. The number of amides is 1. The molecule has 0 unspecified atom stereocenters. The Morgan fingerprint density at radius 2 is 2.00 bits per heavy atom. The Morgan fingerprint density at radius 3 is 2.54 bits per heavy atom. The van der Waals surface area contributed by atoms with Crippen LogP contribution in [-0.2, 0) is 15.2 Å². The Balaban J connectivity index is 2.52. The molecule has 0 saturated heterocycles. The van der Waals surface area contributed by atoms with E-state index in [1.165, 1.54) is 12.0 Å². The fraction of sp³-hybridized carbons (Fsp3) is 0.611. The van der Waals surface area contributed by atoms with Crippen LogP contribution in [0.3, 0.4) is 0 Å². The van der Waals surface area contributed by atoms with Gasteiger partial charge >= 0.3 is 6.09 Å². The van der Waals surface area contributed by atoms with E-state index < -0.39 is 11.8 Å². The van der Waals surface area contributed by atoms with E-state index in [9.17, 15) is 9.90 Å². The SMILES string of the molecule is CC[C@@](OCOC)(c1ccccc1Cl)N(C(=O)O)C1CCCCC1. The molecule has 24 heavy (non-hydrogen) atoms. The van der Waals surface area contributed by atoms with Gasteiger partial charge < -0.3 is 14.6 Å². The van der Waals surface area contributed by atoms with Gasteiger partial charge in [-0.15, -0.1) is 0 Å². The molecule has 6 heteroatoms. The summed E-state index contributed by atoms with van der Waals surface area (Å²) in [5.74, 6) is 0. The van der Waals surface area contributed by atoms with E-state index in [2.05, 4.69) is 0 Å². The number of ether oxygens (including phenoxy) is 2. The van der Waals surface area contributed by atoms with E-state index in [1.54, 1.807) is 6.07 Å². The molecule has 0 radical (unpaired) electrons. The van der Waals surface area contributed by atoms with E-state index in [-0.39, 0.29) is 12.8 Å². The largest absolute Gasteiger partial charge is 0.465 e. The third kappa shape index (κ3) is 3.85. The van der Waals surface area contributed by atoms with Crippen LogP contribution >= 0.6 is 11.6 Å². The molecule has 0 bridgehead atoms. The number of methoxy groups -OCH3 is 1. The van der Waals surface area contributed by atoms with Crippen LogP contribution in [0.2, 0.25) is 5.02 Å². The summed E-state index contributed by atoms with van der Waals surface area (Å²) in [7, 11) is 1.53. The Labute approximate surface area is 148 Å². The van der Waals surface area contributed by atoms with Gasteiger partial charge in [0.15, 0.2) is 5.72 Å². The van der Waals surface area contributed by atoms with Crippen LogP contribution in [0.25, 0.3) is 0 Å². The normalized spacial score (nSPS) is 18.1. The topological polar surface area (TPSA) is 59.0 Å². The van der Waals surface area contributed by atoms with Crippen molar-refractivity contribution in [1.29, 1.82) is 0 Å². The zero-order valence-corrected chi connectivity index (χ0v) is 15.1. The second-order valence-corrected chi connectivity index (χ2v) is 6.52. The minimum atomic E-state index is -1.15. The van der Waals surface area contributed by atoms with Crippen molar-refractivity contribution in [3.63, 3.8) is 0 Å². The van der Waals surface area contributed by atoms with Crippen LogP contribution in [0.5, 0.6) is 0 Å². The summed E-state index contributed by atoms with van der Waals surface area (Å²) >= 11 is 6.41. The molecule has 1 aliphatic carbocycles. The Bertz CT molecular complexity index is 548. The van der Waals surface area contributed by atoms with Gasteiger partial charge in [0.05, 0.1) is 0 Å². The van der Waals surface area contributed by atoms with Crippen LogP contribution in [-0.4, -0.2) is 36.0 Å². The Morgan fingerprint density at radius 1 is 1.33 bits per heavy atom. The molecule has 1 fully saturated rings. The first-order valence-corrected chi connectivity index (χ1v) is 8.84. The van der Waals surface area contributed by atoms with Crippen LogP contribution in [0.1, 0.15) is 51.0 Å². The van der Waals surface area contributed by atoms with Crippen molar-refractivity contribution < 1.29 is 19.4 Å². The molecular formula is C18H26ClNO4. The summed E-state index contributed by atoms with van der Waals surface area (Å²) in [5, 5.41) is 10.5. The third-order valence-electron chi connectivity index (χ3n) is 4.72. The van der Waals surface area contributed by atoms with Gasteiger partial charge in [-0.25, -0.2) is 4.79 Å². The zero-order valence-electron chi connectivity index (χ0n) is 14.3. The van der Waals surface area contributed by atoms with Crippen molar-refractivity contribution in [3.8, 4) is 0 Å². The quantitative estimate of drug-likeness (QED) is 0.711. The highest BCUT2D eigenvalue weighted by molar-refractivity contribution is 6.31. The van der Waals surface area contributed by atoms with E-state index in [1.807, 2.05) is 25.1 Å². The number of hydrogen-bond donors (Lipinski definition) is 1. The van der Waals surface area contributed by atoms with Gasteiger partial charge in [0, 0.05) is 23.7 Å². The molecule has 1 aromatic rings. The monoisotopic (exact) mass is 355 g/mol. The van der Waals surface area contributed by atoms with Crippen LogP contribution in [0.15, 0.2) is 24.3 Å². The molecule has 134 valence electrons. The average molecular weight is 356 g/mol. The highest BCUT2D eigenvalue weighted by Gasteiger charge is 2.46. The molecule has 5 nitrogen and oxygen atoms in total. The molecule has 1 amide bonds. The smallest absolute Gasteiger partial charge is 0.410 e. The van der Waals surface area contributed by atoms with Crippen molar-refractivity contribution in [1.82, 2.24) is 4.90 Å². The molecule has 0 spiro atoms. The van der Waals surface area contributed by atoms with E-state index in [0.717, 1.165) is 32.1 Å². The lowest BCUT2D eigenvalue weighted by atomic mass is 9.89. The molecule has 0 heterocycles. The predicted octanol–water partition coefficient (Wildman–Crippen LogP) is 4.84. The standard InChI is InChI=1S/C18H26ClNO4/c1-3-18(24-13-23-2,15-11-7-8-12-16(15)19)20(17(21)22)14-9-5-4-6-10-14/h7-8,11-12,14H,3-6,9-10,13H2,1-2H3,(H,21,22)/t18-/m1/s1. The van der Waals surface area contributed by atoms with Gasteiger partial charge in [-0.1, -0.05) is 56.0 Å². The summed E-state index contributed by atoms with van der Waals surface area (Å²) in [5.41, 5.74) is -0.485. The number of nitrogens with zero attached hydrogens (tertiary/aromatic N) is 1. The molecule has 0 aromatic heterocycles. The molecule has 1 N–H and O–H groups in total. The van der Waals surface area contributed by atoms with Crippen molar-refractivity contribution in [2.45, 2.75) is 57.2 Å². The molecule has 0 aliphatic heterocycles. The van der Waals surface area contributed by atoms with Crippen molar-refractivity contribution in [3.05, 3.63) is 34.9 Å². The maximum Gasteiger partial charge on any atom is 0.410 e. The summed E-state index contributed by atoms with van der Waals surface area (Å²) in [6.45, 7) is 1.91. The van der Waals surface area contributed by atoms with Gasteiger partial charge in [0.1, 0.15) is 6.79 Å². The first kappa shape index (κ1) is 19.0. The molecule has 1 aliphatic rings. The summed E-state index contributed by atoms with van der Waals surface area (Å²) in [6, 6.07) is 7.19. The van der Waals surface area contributed by atoms with Gasteiger partial charge in [0.2, 0.25) is 0 Å². The first-order chi connectivity index (χ1) is 11.6. The van der Waals surface area contributed by atoms with Crippen molar-refractivity contribution >= 4 is 17.7 Å². The number of hydrogen-bond acceptors (Lipinski definition) is 3. The van der Waals surface area contributed by atoms with Crippen molar-refractivity contribution in [2.24, 2.45) is 0 Å². The maximum absolute atomic E-state index is 12.2. The summed E-state index contributed by atoms with van der Waals surface area (Å²) in [4.78, 5) is 13.7. The fourth-order valence-corrected chi connectivity index (χ4v) is 3.90. The minimum absolute atomic E-state index is 0.00440. The number of benzene rings is 1. The van der Waals surface area contributed by atoms with E-state index >= 15 is 0 Å². The number of carbonyl (C=O) groups is 1. The van der Waals surface area contributed by atoms with E-state index in [0.29, 0.717) is 17.0 Å². The van der Waals surface area contributed by atoms with Crippen LogP contribution in [0, 0.1) is 0 Å². The highest BCUT2D eigenvalue weighted by Crippen LogP contribution is 2.41. The van der Waals surface area contributed by atoms with Gasteiger partial charge in [-0.3, -0.25) is 4.90 Å². The lowest BCUT2D eigenvalue weighted by Crippen LogP contribution is -2.56. The summed E-state index contributed by atoms with van der Waals surface area (Å²) < 4.78 is 11.1. The van der Waals surface area contributed by atoms with Gasteiger partial charge in [-0.2, -0.15) is 0 Å². The van der Waals surface area contributed by atoms with Crippen LogP contribution in [0.4, 0.5) is 4.79 Å². The number of halogens is 1. The van der Waals surface area contributed by atoms with Crippen molar-refractivity contribution in [2.75, 3.05) is 13.9 Å². The average Bonchev–Trinajstić information content (AvgIpc) is 2.59. The minimum Gasteiger partial charge on any atom is -0.465 e. The second kappa shape index (κ2) is 8.70. The highest BCUT2D eigenvalue weighted by atomic mass is 35.5. The molecule has 2 rings (SSSR count). The maximum atomic E-state index is 12.2. The Hall–Kier alpha value is -1.30. The second-order valence-electron chi connectivity index (χ2n) is 6.11.